The third-order valence-corrected chi connectivity index (χ3v) is 12.7. The van der Waals surface area contributed by atoms with E-state index in [1.807, 2.05) is 24.3 Å². The molecule has 9 aromatic rings. The molecule has 2 heterocycles. The minimum absolute atomic E-state index is 0.214. The molecule has 1 unspecified atom stereocenters. The fourth-order valence-electron chi connectivity index (χ4n) is 9.86. The second-order valence-corrected chi connectivity index (χ2v) is 16.2. The predicted octanol–water partition coefficient (Wildman–Crippen LogP) is 14.4. The van der Waals surface area contributed by atoms with E-state index in [0.717, 1.165) is 67.4 Å². The average Bonchev–Trinajstić information content (AvgIpc) is 3.68. The summed E-state index contributed by atoms with van der Waals surface area (Å²) >= 11 is 0. The van der Waals surface area contributed by atoms with Gasteiger partial charge in [-0.25, -0.2) is 0 Å². The van der Waals surface area contributed by atoms with Gasteiger partial charge in [0.15, 0.2) is 23.0 Å². The number of rotatable bonds is 7. The molecule has 2 aliphatic heterocycles. The molecular weight excluding hydrogens is 769 g/mol. The van der Waals surface area contributed by atoms with Crippen LogP contribution in [0.25, 0.3) is 39.1 Å². The number of benzene rings is 9. The maximum Gasteiger partial charge on any atom is 0.178 e. The number of para-hydroxylation sites is 1. The van der Waals surface area contributed by atoms with Gasteiger partial charge in [0, 0.05) is 22.4 Å². The molecule has 0 spiro atoms. The van der Waals surface area contributed by atoms with Crippen molar-refractivity contribution in [3.63, 3.8) is 0 Å². The Bertz CT molecular complexity index is 3190. The van der Waals surface area contributed by atoms with Gasteiger partial charge in [-0.2, -0.15) is 0 Å². The van der Waals surface area contributed by atoms with E-state index >= 15 is 0 Å². The number of hydrogen-bond acceptors (Lipinski definition) is 4. The van der Waals surface area contributed by atoms with Crippen molar-refractivity contribution in [2.45, 2.75) is 11.5 Å². The van der Waals surface area contributed by atoms with Gasteiger partial charge in [0.05, 0.1) is 11.5 Å². The first kappa shape index (κ1) is 36.6. The fourth-order valence-corrected chi connectivity index (χ4v) is 9.86. The third kappa shape index (κ3) is 6.02. The summed E-state index contributed by atoms with van der Waals surface area (Å²) in [6, 6.07) is 78.8. The number of amidine groups is 1. The molecule has 12 rings (SSSR count). The van der Waals surface area contributed by atoms with Gasteiger partial charge in [0.2, 0.25) is 0 Å². The summed E-state index contributed by atoms with van der Waals surface area (Å²) in [5.41, 5.74) is 15.0. The predicted molar refractivity (Wildman–Crippen MR) is 254 cm³/mol. The van der Waals surface area contributed by atoms with Gasteiger partial charge in [-0.05, 0) is 73.8 Å². The fraction of sp³-hybridized carbons (Fsp3) is 0.0339. The normalized spacial score (nSPS) is 15.2. The van der Waals surface area contributed by atoms with Crippen LogP contribution in [0.15, 0.2) is 236 Å². The van der Waals surface area contributed by atoms with Crippen molar-refractivity contribution in [1.82, 2.24) is 5.32 Å². The third-order valence-electron chi connectivity index (χ3n) is 12.7. The lowest BCUT2D eigenvalue weighted by molar-refractivity contribution is 0.361. The maximum atomic E-state index is 7.02. The number of nitrogens with zero attached hydrogens (tertiary/aromatic N) is 1. The minimum atomic E-state index is -0.530. The molecule has 9 aromatic carbocycles. The number of ether oxygens (including phenoxy) is 2. The molecule has 0 aromatic heterocycles. The maximum absolute atomic E-state index is 7.02. The zero-order valence-corrected chi connectivity index (χ0v) is 34.3. The van der Waals surface area contributed by atoms with Crippen molar-refractivity contribution in [2.75, 3.05) is 0 Å². The molecule has 0 saturated heterocycles. The topological polar surface area (TPSA) is 42.9 Å². The first-order chi connectivity index (χ1) is 31.2. The van der Waals surface area contributed by atoms with E-state index in [4.69, 9.17) is 14.5 Å². The van der Waals surface area contributed by atoms with Crippen LogP contribution in [0.2, 0.25) is 0 Å². The number of nitrogens with one attached hydrogen (secondary N) is 1. The highest BCUT2D eigenvalue weighted by molar-refractivity contribution is 6.09. The molecule has 1 aliphatic carbocycles. The molecule has 4 heteroatoms. The van der Waals surface area contributed by atoms with Crippen LogP contribution in [0.4, 0.5) is 0 Å². The van der Waals surface area contributed by atoms with Gasteiger partial charge < -0.3 is 14.8 Å². The van der Waals surface area contributed by atoms with Gasteiger partial charge in [-0.3, -0.25) is 4.99 Å². The largest absolute Gasteiger partial charge is 0.449 e. The summed E-state index contributed by atoms with van der Waals surface area (Å²) in [5, 5.41) is 3.70. The van der Waals surface area contributed by atoms with Crippen LogP contribution in [0, 0.1) is 0 Å². The standard InChI is InChI=1S/C59H40N2O2/c1-5-18-39(19-6-1)45-26-13-14-27-47(45)58-60-51(41-20-7-2-8-21-41)38-52(61-58)42-34-32-40(33-35-42)46-29-17-31-53-56(46)62-54-37-36-50-55(57(54)63-53)48-28-15-16-30-49(48)59(50,43-22-9-3-10-23-43)44-24-11-4-12-25-44/h1-38,52H,(H,60,61). The first-order valence-electron chi connectivity index (χ1n) is 21.5. The zero-order valence-electron chi connectivity index (χ0n) is 34.3. The van der Waals surface area contributed by atoms with E-state index in [9.17, 15) is 0 Å². The van der Waals surface area contributed by atoms with Crippen LogP contribution in [0.3, 0.4) is 0 Å². The van der Waals surface area contributed by atoms with E-state index in [1.165, 1.54) is 22.3 Å². The Kier molecular flexibility index (Phi) is 8.75. The molecule has 1 atom stereocenters. The molecule has 0 amide bonds. The molecular formula is C59H40N2O2. The SMILES string of the molecule is C1=C(c2ccccc2)NC(c2ccccc2-c2ccccc2)=NC1c1ccc(-c2cccc3c2Oc2ccc4c(c2O3)-c2ccccc2C4(c2ccccc2)c2ccccc2)cc1. The number of hydrogen-bond donors (Lipinski definition) is 1. The smallest absolute Gasteiger partial charge is 0.178 e. The van der Waals surface area contributed by atoms with Crippen molar-refractivity contribution in [2.24, 2.45) is 4.99 Å². The molecule has 0 bridgehead atoms. The van der Waals surface area contributed by atoms with Crippen LogP contribution < -0.4 is 14.8 Å². The second-order valence-electron chi connectivity index (χ2n) is 16.2. The van der Waals surface area contributed by atoms with Crippen LogP contribution >= 0.6 is 0 Å². The van der Waals surface area contributed by atoms with Crippen molar-refractivity contribution in [1.29, 1.82) is 0 Å². The Hall–Kier alpha value is -8.21. The lowest BCUT2D eigenvalue weighted by atomic mass is 9.68. The van der Waals surface area contributed by atoms with Crippen LogP contribution in [-0.4, -0.2) is 5.84 Å². The highest BCUT2D eigenvalue weighted by Gasteiger charge is 2.48. The van der Waals surface area contributed by atoms with Crippen molar-refractivity contribution in [3.05, 3.63) is 269 Å². The molecule has 3 aliphatic rings. The summed E-state index contributed by atoms with van der Waals surface area (Å²) in [6.07, 6.45) is 2.22. The quantitative estimate of drug-likeness (QED) is 0.174. The molecule has 0 radical (unpaired) electrons. The van der Waals surface area contributed by atoms with Crippen LogP contribution in [0.5, 0.6) is 23.0 Å². The van der Waals surface area contributed by atoms with Crippen LogP contribution in [0.1, 0.15) is 45.0 Å². The summed E-state index contributed by atoms with van der Waals surface area (Å²) < 4.78 is 14.0. The summed E-state index contributed by atoms with van der Waals surface area (Å²) in [7, 11) is 0. The molecule has 63 heavy (non-hydrogen) atoms. The number of aliphatic imine (C=N–C) groups is 1. The number of fused-ring (bicyclic) bond motifs is 6. The summed E-state index contributed by atoms with van der Waals surface area (Å²) in [4.78, 5) is 5.36. The molecule has 298 valence electrons. The van der Waals surface area contributed by atoms with Gasteiger partial charge >= 0.3 is 0 Å². The van der Waals surface area contributed by atoms with Crippen LogP contribution in [-0.2, 0) is 5.41 Å². The molecule has 0 saturated carbocycles. The first-order valence-corrected chi connectivity index (χ1v) is 21.5. The highest BCUT2D eigenvalue weighted by Crippen LogP contribution is 2.62. The van der Waals surface area contributed by atoms with E-state index < -0.39 is 5.41 Å². The monoisotopic (exact) mass is 808 g/mol. The van der Waals surface area contributed by atoms with Gasteiger partial charge in [0.1, 0.15) is 5.84 Å². The Morgan fingerprint density at radius 3 is 1.63 bits per heavy atom. The summed E-state index contributed by atoms with van der Waals surface area (Å²) in [5.74, 6) is 3.66. The van der Waals surface area contributed by atoms with Crippen molar-refractivity contribution < 1.29 is 9.47 Å². The van der Waals surface area contributed by atoms with E-state index in [2.05, 4.69) is 212 Å². The van der Waals surface area contributed by atoms with E-state index in [-0.39, 0.29) is 6.04 Å². The Morgan fingerprint density at radius 2 is 0.937 bits per heavy atom. The zero-order chi connectivity index (χ0) is 41.7. The summed E-state index contributed by atoms with van der Waals surface area (Å²) in [6.45, 7) is 0. The van der Waals surface area contributed by atoms with Gasteiger partial charge in [0.25, 0.3) is 0 Å². The second kappa shape index (κ2) is 15.1. The van der Waals surface area contributed by atoms with Crippen molar-refractivity contribution in [3.8, 4) is 56.4 Å². The van der Waals surface area contributed by atoms with Gasteiger partial charge in [-0.1, -0.05) is 212 Å². The van der Waals surface area contributed by atoms with E-state index in [0.29, 0.717) is 17.2 Å². The minimum Gasteiger partial charge on any atom is -0.449 e. The molecule has 1 N–H and O–H groups in total. The van der Waals surface area contributed by atoms with Gasteiger partial charge in [-0.15, -0.1) is 0 Å². The highest BCUT2D eigenvalue weighted by atomic mass is 16.6. The van der Waals surface area contributed by atoms with E-state index in [1.54, 1.807) is 0 Å². The Morgan fingerprint density at radius 1 is 0.397 bits per heavy atom. The molecule has 0 fully saturated rings. The Balaban J connectivity index is 0.918. The van der Waals surface area contributed by atoms with Crippen molar-refractivity contribution >= 4 is 11.5 Å². The average molecular weight is 809 g/mol. The molecule has 4 nitrogen and oxygen atoms in total. The lowest BCUT2D eigenvalue weighted by Crippen LogP contribution is -2.28. The Labute approximate surface area is 367 Å². The lowest BCUT2D eigenvalue weighted by Gasteiger charge is -2.34.